The summed E-state index contributed by atoms with van der Waals surface area (Å²) in [7, 11) is 0. The fourth-order valence-electron chi connectivity index (χ4n) is 2.01. The molecule has 1 aromatic carbocycles. The smallest absolute Gasteiger partial charge is 0.138 e. The Balaban J connectivity index is 1.98. The van der Waals surface area contributed by atoms with Crippen LogP contribution in [0.3, 0.4) is 0 Å². The number of nitriles is 1. The maximum atomic E-state index is 9.36. The number of benzene rings is 1. The fourth-order valence-corrected chi connectivity index (χ4v) is 3.26. The molecule has 0 bridgehead atoms. The Morgan fingerprint density at radius 3 is 2.61 bits per heavy atom. The largest absolute Gasteiger partial charge is 0.381 e. The van der Waals surface area contributed by atoms with Gasteiger partial charge in [0.25, 0.3) is 0 Å². The van der Waals surface area contributed by atoms with E-state index in [9.17, 15) is 5.26 Å². The Morgan fingerprint density at radius 2 is 2.00 bits per heavy atom. The Morgan fingerprint density at radius 1 is 1.33 bits per heavy atom. The summed E-state index contributed by atoms with van der Waals surface area (Å²) in [5.41, 5.74) is 6.23. The molecule has 18 heavy (non-hydrogen) atoms. The lowest BCUT2D eigenvalue weighted by atomic mass is 9.95. The highest BCUT2D eigenvalue weighted by atomic mass is 32.2. The fraction of sp³-hybridized carbons (Fsp3) is 0.500. The number of hydrogen-bond donors (Lipinski definition) is 1. The topological polar surface area (TPSA) is 59.0 Å². The zero-order valence-electron chi connectivity index (χ0n) is 10.3. The van der Waals surface area contributed by atoms with Crippen LogP contribution < -0.4 is 5.73 Å². The van der Waals surface area contributed by atoms with Crippen LogP contribution in [0.5, 0.6) is 0 Å². The van der Waals surface area contributed by atoms with Gasteiger partial charge in [-0.25, -0.2) is 0 Å². The maximum Gasteiger partial charge on any atom is 0.138 e. The first-order valence-corrected chi connectivity index (χ1v) is 7.24. The molecule has 1 fully saturated rings. The summed E-state index contributed by atoms with van der Waals surface area (Å²) in [6, 6.07) is 11.9. The van der Waals surface area contributed by atoms with E-state index in [1.54, 1.807) is 11.8 Å². The van der Waals surface area contributed by atoms with Crippen molar-refractivity contribution in [2.45, 2.75) is 23.6 Å². The Hall–Kier alpha value is -1.02. The molecule has 2 rings (SSSR count). The molecule has 96 valence electrons. The minimum Gasteiger partial charge on any atom is -0.381 e. The third-order valence-electron chi connectivity index (χ3n) is 3.20. The first kappa shape index (κ1) is 13.4. The van der Waals surface area contributed by atoms with Crippen molar-refractivity contribution in [1.29, 1.82) is 5.26 Å². The number of thioether (sulfide) groups is 1. The van der Waals surface area contributed by atoms with E-state index in [1.807, 2.05) is 30.3 Å². The van der Waals surface area contributed by atoms with Crippen LogP contribution in [-0.2, 0) is 10.3 Å². The van der Waals surface area contributed by atoms with Crippen molar-refractivity contribution < 1.29 is 4.74 Å². The lowest BCUT2D eigenvalue weighted by molar-refractivity contribution is 0.1000. The molecule has 0 aliphatic carbocycles. The van der Waals surface area contributed by atoms with Crippen molar-refractivity contribution in [3.8, 4) is 6.07 Å². The summed E-state index contributed by atoms with van der Waals surface area (Å²) in [6.45, 7) is 1.65. The van der Waals surface area contributed by atoms with Crippen molar-refractivity contribution in [1.82, 2.24) is 0 Å². The summed E-state index contributed by atoms with van der Waals surface area (Å²) in [6.07, 6.45) is 2.11. The average Bonchev–Trinajstić information content (AvgIpc) is 2.47. The highest BCUT2D eigenvalue weighted by Gasteiger charge is 2.28. The normalized spacial score (nSPS) is 20.0. The molecular weight excluding hydrogens is 244 g/mol. The second-order valence-corrected chi connectivity index (χ2v) is 5.86. The van der Waals surface area contributed by atoms with E-state index in [-0.39, 0.29) is 0 Å². The molecule has 1 heterocycles. The van der Waals surface area contributed by atoms with Gasteiger partial charge in [0.2, 0.25) is 0 Å². The monoisotopic (exact) mass is 262 g/mol. The molecule has 0 spiro atoms. The van der Waals surface area contributed by atoms with Gasteiger partial charge in [0.15, 0.2) is 0 Å². The number of ether oxygens (including phenoxy) is 1. The van der Waals surface area contributed by atoms with Gasteiger partial charge in [-0.15, -0.1) is 0 Å². The molecule has 0 aromatic heterocycles. The van der Waals surface area contributed by atoms with Crippen molar-refractivity contribution >= 4 is 11.8 Å². The number of nitrogens with two attached hydrogens (primary N) is 1. The summed E-state index contributed by atoms with van der Waals surface area (Å²) in [4.78, 5) is 0. The lowest BCUT2D eigenvalue weighted by Gasteiger charge is -2.26. The van der Waals surface area contributed by atoms with E-state index < -0.39 is 5.54 Å². The Labute approximate surface area is 112 Å². The van der Waals surface area contributed by atoms with Gasteiger partial charge in [0.1, 0.15) is 5.54 Å². The Kier molecular flexibility index (Phi) is 4.65. The number of hydrogen-bond acceptors (Lipinski definition) is 4. The van der Waals surface area contributed by atoms with Crippen LogP contribution in [-0.4, -0.2) is 24.2 Å². The predicted octanol–water partition coefficient (Wildman–Crippen LogP) is 2.28. The molecule has 0 radical (unpaired) electrons. The summed E-state index contributed by atoms with van der Waals surface area (Å²) >= 11 is 1.80. The first-order valence-electron chi connectivity index (χ1n) is 6.19. The molecule has 4 heteroatoms. The summed E-state index contributed by atoms with van der Waals surface area (Å²) in [5, 5.41) is 9.92. The van der Waals surface area contributed by atoms with E-state index in [2.05, 4.69) is 6.07 Å². The van der Waals surface area contributed by atoms with Gasteiger partial charge in [-0.2, -0.15) is 17.0 Å². The van der Waals surface area contributed by atoms with Crippen LogP contribution in [0.25, 0.3) is 0 Å². The van der Waals surface area contributed by atoms with Gasteiger partial charge in [-0.1, -0.05) is 30.3 Å². The van der Waals surface area contributed by atoms with E-state index >= 15 is 0 Å². The van der Waals surface area contributed by atoms with Crippen molar-refractivity contribution in [3.05, 3.63) is 35.9 Å². The maximum absolute atomic E-state index is 9.36. The molecule has 0 saturated carbocycles. The highest BCUT2D eigenvalue weighted by molar-refractivity contribution is 7.99. The molecule has 2 N–H and O–H groups in total. The van der Waals surface area contributed by atoms with E-state index in [0.29, 0.717) is 11.0 Å². The second kappa shape index (κ2) is 6.24. The average molecular weight is 262 g/mol. The van der Waals surface area contributed by atoms with E-state index in [0.717, 1.165) is 31.6 Å². The zero-order chi connectivity index (χ0) is 12.8. The minimum atomic E-state index is -0.885. The predicted molar refractivity (Wildman–Crippen MR) is 74.2 cm³/mol. The van der Waals surface area contributed by atoms with Crippen molar-refractivity contribution in [3.63, 3.8) is 0 Å². The minimum absolute atomic E-state index is 0.568. The van der Waals surface area contributed by atoms with Crippen LogP contribution in [0, 0.1) is 11.3 Å². The third kappa shape index (κ3) is 3.26. The number of rotatable bonds is 4. The molecule has 0 amide bonds. The van der Waals surface area contributed by atoms with Gasteiger partial charge in [-0.05, 0) is 18.4 Å². The van der Waals surface area contributed by atoms with E-state index in [1.165, 1.54) is 0 Å². The standard InChI is InChI=1S/C14H18N2OS/c15-10-14(16,12-4-2-1-3-5-12)11-18-13-6-8-17-9-7-13/h1-5,13H,6-9,11,16H2. The highest BCUT2D eigenvalue weighted by Crippen LogP contribution is 2.29. The summed E-state index contributed by atoms with van der Waals surface area (Å²) < 4.78 is 5.33. The third-order valence-corrected chi connectivity index (χ3v) is 4.77. The first-order chi connectivity index (χ1) is 8.74. The second-order valence-electron chi connectivity index (χ2n) is 4.57. The van der Waals surface area contributed by atoms with Gasteiger partial charge in [0.05, 0.1) is 6.07 Å². The Bertz CT molecular complexity index is 412. The van der Waals surface area contributed by atoms with Crippen LogP contribution in [0.2, 0.25) is 0 Å². The molecule has 1 aliphatic rings. The molecular formula is C14H18N2OS. The van der Waals surface area contributed by atoms with Gasteiger partial charge in [-0.3, -0.25) is 0 Å². The molecule has 1 saturated heterocycles. The molecule has 1 aliphatic heterocycles. The SMILES string of the molecule is N#CC(N)(CSC1CCOCC1)c1ccccc1. The lowest BCUT2D eigenvalue weighted by Crippen LogP contribution is -2.38. The van der Waals surface area contributed by atoms with Gasteiger partial charge >= 0.3 is 0 Å². The van der Waals surface area contributed by atoms with Gasteiger partial charge in [0, 0.05) is 24.2 Å². The van der Waals surface area contributed by atoms with Crippen LogP contribution in [0.1, 0.15) is 18.4 Å². The van der Waals surface area contributed by atoms with E-state index in [4.69, 9.17) is 10.5 Å². The molecule has 1 atom stereocenters. The van der Waals surface area contributed by atoms with Crippen LogP contribution in [0.15, 0.2) is 30.3 Å². The molecule has 1 unspecified atom stereocenters. The molecule has 1 aromatic rings. The van der Waals surface area contributed by atoms with Crippen molar-refractivity contribution in [2.75, 3.05) is 19.0 Å². The van der Waals surface area contributed by atoms with Crippen LogP contribution >= 0.6 is 11.8 Å². The van der Waals surface area contributed by atoms with Gasteiger partial charge < -0.3 is 10.5 Å². The number of nitrogens with zero attached hydrogens (tertiary/aromatic N) is 1. The summed E-state index contributed by atoms with van der Waals surface area (Å²) in [5.74, 6) is 0.637. The quantitative estimate of drug-likeness (QED) is 0.904. The molecule has 3 nitrogen and oxygen atoms in total. The van der Waals surface area contributed by atoms with Crippen LogP contribution in [0.4, 0.5) is 0 Å². The zero-order valence-corrected chi connectivity index (χ0v) is 11.2. The van der Waals surface area contributed by atoms with Crippen molar-refractivity contribution in [2.24, 2.45) is 5.73 Å².